The summed E-state index contributed by atoms with van der Waals surface area (Å²) < 4.78 is 3.17. The Hall–Kier alpha value is 0.0400. The van der Waals surface area contributed by atoms with Gasteiger partial charge in [-0.15, -0.1) is 0 Å². The summed E-state index contributed by atoms with van der Waals surface area (Å²) in [6, 6.07) is 0. The Balaban J connectivity index is 4.42. The van der Waals surface area contributed by atoms with Gasteiger partial charge in [0.1, 0.15) is 0 Å². The molecule has 0 heterocycles. The van der Waals surface area contributed by atoms with E-state index in [-0.39, 0.29) is 12.2 Å². The molecule has 3 nitrogen and oxygen atoms in total. The van der Waals surface area contributed by atoms with Crippen LogP contribution < -0.4 is 0 Å². The number of carboxylic acids is 1. The maximum Gasteiger partial charge on any atom is 0.333 e. The van der Waals surface area contributed by atoms with E-state index in [1.54, 1.807) is 6.92 Å². The first kappa shape index (κ1) is 13.0. The summed E-state index contributed by atoms with van der Waals surface area (Å²) in [6.45, 7) is 2.08. The van der Waals surface area contributed by atoms with Crippen LogP contribution >= 0.6 is 34.8 Å². The van der Waals surface area contributed by atoms with Gasteiger partial charge in [0.2, 0.25) is 3.79 Å². The molecule has 0 aliphatic heterocycles. The lowest BCUT2D eigenvalue weighted by molar-refractivity contribution is -0.133. The van der Waals surface area contributed by atoms with Crippen molar-refractivity contribution in [1.29, 1.82) is 0 Å². The van der Waals surface area contributed by atoms with E-state index in [4.69, 9.17) is 44.6 Å². The lowest BCUT2D eigenvalue weighted by Crippen LogP contribution is -2.12. The van der Waals surface area contributed by atoms with Gasteiger partial charge in [-0.05, 0) is 13.0 Å². The van der Waals surface area contributed by atoms with Crippen LogP contribution in [0, 0.1) is 0 Å². The van der Waals surface area contributed by atoms with Gasteiger partial charge in [0.15, 0.2) is 0 Å². The van der Waals surface area contributed by atoms with Gasteiger partial charge in [-0.1, -0.05) is 34.8 Å². The second kappa shape index (κ2) is 5.70. The first-order valence-corrected chi connectivity index (χ1v) is 4.59. The van der Waals surface area contributed by atoms with E-state index in [0.717, 1.165) is 6.08 Å². The third-order valence-corrected chi connectivity index (χ3v) is 1.40. The predicted molar refractivity (Wildman–Crippen MR) is 52.5 cm³/mol. The minimum atomic E-state index is -1.70. The van der Waals surface area contributed by atoms with E-state index >= 15 is 0 Å². The summed E-state index contributed by atoms with van der Waals surface area (Å²) in [5.41, 5.74) is -0.0677. The zero-order valence-corrected chi connectivity index (χ0v) is 9.16. The normalized spacial score (nSPS) is 13.1. The highest BCUT2D eigenvalue weighted by Gasteiger charge is 2.20. The van der Waals surface area contributed by atoms with E-state index in [1.807, 2.05) is 0 Å². The molecular weight excluding hydrogens is 238 g/mol. The van der Waals surface area contributed by atoms with E-state index in [9.17, 15) is 4.79 Å². The zero-order chi connectivity index (χ0) is 10.5. The molecule has 0 aromatic heterocycles. The number of carboxylic acid groups (broad SMARTS) is 1. The summed E-state index contributed by atoms with van der Waals surface area (Å²) in [5, 5.41) is 8.64. The lowest BCUT2D eigenvalue weighted by atomic mass is 10.3. The second-order valence-corrected chi connectivity index (χ2v) is 4.52. The average Bonchev–Trinajstić information content (AvgIpc) is 1.95. The topological polar surface area (TPSA) is 46.5 Å². The van der Waals surface area contributed by atoms with Gasteiger partial charge in [-0.2, -0.15) is 0 Å². The summed E-state index contributed by atoms with van der Waals surface area (Å²) in [7, 11) is 0. The summed E-state index contributed by atoms with van der Waals surface area (Å²) >= 11 is 16.2. The maximum atomic E-state index is 10.6. The van der Waals surface area contributed by atoms with Crippen LogP contribution in [0.4, 0.5) is 0 Å². The average molecular weight is 248 g/mol. The highest BCUT2D eigenvalue weighted by Crippen LogP contribution is 2.28. The van der Waals surface area contributed by atoms with Crippen molar-refractivity contribution in [3.63, 3.8) is 0 Å². The Labute approximate surface area is 91.2 Å². The third kappa shape index (κ3) is 7.14. The van der Waals surface area contributed by atoms with Crippen molar-refractivity contribution in [1.82, 2.24) is 0 Å². The predicted octanol–water partition coefficient (Wildman–Crippen LogP) is 2.40. The summed E-state index contributed by atoms with van der Waals surface area (Å²) in [4.78, 5) is 10.6. The molecule has 0 saturated carbocycles. The van der Waals surface area contributed by atoms with Crippen molar-refractivity contribution in [2.45, 2.75) is 10.7 Å². The number of aliphatic carboxylic acids is 1. The fourth-order valence-corrected chi connectivity index (χ4v) is 0.970. The van der Waals surface area contributed by atoms with Crippen molar-refractivity contribution in [2.75, 3.05) is 13.2 Å². The Morgan fingerprint density at radius 1 is 1.54 bits per heavy atom. The lowest BCUT2D eigenvalue weighted by Gasteiger charge is -2.07. The molecule has 0 unspecified atom stereocenters. The molecule has 0 bridgehead atoms. The first-order chi connectivity index (χ1) is 5.87. The number of halogens is 3. The smallest absolute Gasteiger partial charge is 0.333 e. The molecular formula is C7H9Cl3O3. The minimum absolute atomic E-state index is 0.0677. The van der Waals surface area contributed by atoms with Crippen molar-refractivity contribution in [2.24, 2.45) is 0 Å². The Morgan fingerprint density at radius 3 is 2.38 bits per heavy atom. The Morgan fingerprint density at radius 2 is 2.08 bits per heavy atom. The van der Waals surface area contributed by atoms with E-state index in [0.29, 0.717) is 6.61 Å². The van der Waals surface area contributed by atoms with Crippen LogP contribution in [-0.2, 0) is 9.53 Å². The van der Waals surface area contributed by atoms with Crippen molar-refractivity contribution < 1.29 is 14.6 Å². The molecule has 0 aromatic carbocycles. The van der Waals surface area contributed by atoms with Crippen LogP contribution in [0.25, 0.3) is 0 Å². The van der Waals surface area contributed by atoms with Crippen LogP contribution in [-0.4, -0.2) is 28.1 Å². The van der Waals surface area contributed by atoms with Crippen molar-refractivity contribution in [3.05, 3.63) is 11.6 Å². The number of hydrogen-bond acceptors (Lipinski definition) is 2. The fourth-order valence-electron chi connectivity index (χ4n) is 0.575. The van der Waals surface area contributed by atoms with Crippen molar-refractivity contribution >= 4 is 40.8 Å². The molecule has 0 saturated heterocycles. The van der Waals surface area contributed by atoms with Crippen LogP contribution in [0.15, 0.2) is 11.6 Å². The van der Waals surface area contributed by atoms with Crippen LogP contribution in [0.5, 0.6) is 0 Å². The monoisotopic (exact) mass is 246 g/mol. The summed E-state index contributed by atoms with van der Waals surface area (Å²) in [5.74, 6) is -1.15. The standard InChI is InChI=1S/C7H9Cl3O3/c1-2-13-4-5(6(11)12)3-7(8,9)10/h3H,2,4H2,1H3,(H,11,12). The molecule has 0 fully saturated rings. The van der Waals surface area contributed by atoms with Gasteiger partial charge in [0.25, 0.3) is 0 Å². The Bertz CT molecular complexity index is 208. The quantitative estimate of drug-likeness (QED) is 0.613. The minimum Gasteiger partial charge on any atom is -0.478 e. The number of carbonyl (C=O) groups is 1. The highest BCUT2D eigenvalue weighted by atomic mass is 35.6. The SMILES string of the molecule is CCOCC(=CC(Cl)(Cl)Cl)C(=O)O. The number of ether oxygens (including phenoxy) is 1. The Kier molecular flexibility index (Phi) is 5.72. The van der Waals surface area contributed by atoms with Crippen molar-refractivity contribution in [3.8, 4) is 0 Å². The van der Waals surface area contributed by atoms with Gasteiger partial charge >= 0.3 is 5.97 Å². The van der Waals surface area contributed by atoms with Gasteiger partial charge in [0, 0.05) is 6.61 Å². The molecule has 0 atom stereocenters. The van der Waals surface area contributed by atoms with E-state index < -0.39 is 9.76 Å². The number of rotatable bonds is 4. The number of alkyl halides is 3. The molecule has 1 N–H and O–H groups in total. The molecule has 76 valence electrons. The number of hydrogen-bond donors (Lipinski definition) is 1. The molecule has 6 heteroatoms. The van der Waals surface area contributed by atoms with E-state index in [2.05, 4.69) is 0 Å². The fraction of sp³-hybridized carbons (Fsp3) is 0.571. The van der Waals surface area contributed by atoms with Crippen LogP contribution in [0.2, 0.25) is 0 Å². The number of allylic oxidation sites excluding steroid dienone is 1. The molecule has 0 rings (SSSR count). The molecule has 0 aliphatic rings. The second-order valence-electron chi connectivity index (χ2n) is 2.15. The molecule has 0 amide bonds. The van der Waals surface area contributed by atoms with Gasteiger partial charge in [-0.3, -0.25) is 0 Å². The largest absolute Gasteiger partial charge is 0.478 e. The molecule has 0 aliphatic carbocycles. The van der Waals surface area contributed by atoms with E-state index in [1.165, 1.54) is 0 Å². The zero-order valence-electron chi connectivity index (χ0n) is 6.89. The van der Waals surface area contributed by atoms with Gasteiger partial charge in [0.05, 0.1) is 12.2 Å². The molecule has 0 radical (unpaired) electrons. The van der Waals surface area contributed by atoms with Crippen LogP contribution in [0.3, 0.4) is 0 Å². The van der Waals surface area contributed by atoms with Gasteiger partial charge < -0.3 is 9.84 Å². The van der Waals surface area contributed by atoms with Gasteiger partial charge in [-0.25, -0.2) is 4.79 Å². The third-order valence-electron chi connectivity index (χ3n) is 1.07. The molecule has 13 heavy (non-hydrogen) atoms. The maximum absolute atomic E-state index is 10.6. The van der Waals surface area contributed by atoms with Crippen LogP contribution in [0.1, 0.15) is 6.92 Å². The molecule has 0 aromatic rings. The first-order valence-electron chi connectivity index (χ1n) is 3.46. The molecule has 0 spiro atoms. The highest BCUT2D eigenvalue weighted by molar-refractivity contribution is 6.69. The summed E-state index contributed by atoms with van der Waals surface area (Å²) in [6.07, 6.45) is 1.02.